The Hall–Kier alpha value is -0.520. The number of nitrogen functional groups attached to an aromatic ring is 1. The molecule has 0 atom stereocenters. The molecule has 1 aromatic heterocycles. The molecule has 0 aliphatic carbocycles. The summed E-state index contributed by atoms with van der Waals surface area (Å²) in [5.74, 6) is 0.0434. The van der Waals surface area contributed by atoms with Crippen LogP contribution in [0.4, 0.5) is 5.69 Å². The maximum absolute atomic E-state index is 8.91. The van der Waals surface area contributed by atoms with Gasteiger partial charge in [-0.15, -0.1) is 0 Å². The number of aromatic nitrogens is 1. The van der Waals surface area contributed by atoms with Crippen LogP contribution in [0.25, 0.3) is 0 Å². The number of hydrogen-bond donors (Lipinski definition) is 2. The molecule has 1 heterocycles. The largest absolute Gasteiger partial charge is 0.504 e. The molecule has 0 aromatic carbocycles. The van der Waals surface area contributed by atoms with E-state index in [2.05, 4.69) is 4.98 Å². The fourth-order valence-corrected chi connectivity index (χ4v) is 0.872. The summed E-state index contributed by atoms with van der Waals surface area (Å²) in [7, 11) is 0. The van der Waals surface area contributed by atoms with Gasteiger partial charge in [0.2, 0.25) is 0 Å². The van der Waals surface area contributed by atoms with Gasteiger partial charge in [-0.1, -0.05) is 0 Å². The fraction of sp³-hybridized carbons (Fsp3) is 0. The molecule has 0 radical (unpaired) electrons. The summed E-state index contributed by atoms with van der Waals surface area (Å²) in [5.41, 5.74) is 5.78. The first-order valence-electron chi connectivity index (χ1n) is 2.30. The van der Waals surface area contributed by atoms with Gasteiger partial charge in [-0.25, -0.2) is 0 Å². The van der Waals surface area contributed by atoms with Crippen molar-refractivity contribution in [3.63, 3.8) is 0 Å². The summed E-state index contributed by atoms with van der Waals surface area (Å²) < 4.78 is 0.771. The molecule has 0 aliphatic heterocycles. The van der Waals surface area contributed by atoms with Crippen LogP contribution in [0.5, 0.6) is 5.75 Å². The molecular weight excluding hydrogens is 231 g/mol. The van der Waals surface area contributed by atoms with Crippen LogP contribution in [0.1, 0.15) is 0 Å². The molecule has 9 heavy (non-hydrogen) atoms. The van der Waals surface area contributed by atoms with Gasteiger partial charge in [-0.05, 0) is 22.6 Å². The monoisotopic (exact) mass is 236 g/mol. The average Bonchev–Trinajstić information content (AvgIpc) is 1.83. The van der Waals surface area contributed by atoms with Gasteiger partial charge in [-0.2, -0.15) is 0 Å². The van der Waals surface area contributed by atoms with E-state index in [9.17, 15) is 0 Å². The molecular formula is C5H5IN2O. The Morgan fingerprint density at radius 3 is 2.67 bits per heavy atom. The van der Waals surface area contributed by atoms with Crippen molar-refractivity contribution >= 4 is 28.3 Å². The van der Waals surface area contributed by atoms with E-state index in [-0.39, 0.29) is 5.75 Å². The van der Waals surface area contributed by atoms with E-state index in [0.717, 1.165) is 3.57 Å². The topological polar surface area (TPSA) is 59.1 Å². The Balaban J connectivity index is 3.25. The number of halogens is 1. The number of anilines is 1. The lowest BCUT2D eigenvalue weighted by molar-refractivity contribution is 0.475. The molecule has 0 fully saturated rings. The van der Waals surface area contributed by atoms with Crippen molar-refractivity contribution in [2.45, 2.75) is 0 Å². The van der Waals surface area contributed by atoms with Crippen LogP contribution in [-0.2, 0) is 0 Å². The fourth-order valence-electron chi connectivity index (χ4n) is 0.435. The summed E-state index contributed by atoms with van der Waals surface area (Å²) in [6.45, 7) is 0. The number of aromatic hydroxyl groups is 1. The molecule has 3 nitrogen and oxygen atoms in total. The first-order valence-corrected chi connectivity index (χ1v) is 3.37. The Morgan fingerprint density at radius 1 is 1.56 bits per heavy atom. The molecule has 4 heteroatoms. The van der Waals surface area contributed by atoms with E-state index >= 15 is 0 Å². The standard InChI is InChI=1S/C5H5IN2O/c6-3-1-8-2-4(9)5(3)7/h1-2,9H,(H2,7,8). The van der Waals surface area contributed by atoms with Crippen LogP contribution in [0.2, 0.25) is 0 Å². The highest BCUT2D eigenvalue weighted by molar-refractivity contribution is 14.1. The predicted octanol–water partition coefficient (Wildman–Crippen LogP) is 0.974. The highest BCUT2D eigenvalue weighted by Crippen LogP contribution is 2.22. The quantitative estimate of drug-likeness (QED) is 0.660. The van der Waals surface area contributed by atoms with Crippen LogP contribution < -0.4 is 5.73 Å². The number of pyridine rings is 1. The molecule has 0 bridgehead atoms. The van der Waals surface area contributed by atoms with Gasteiger partial charge in [0.25, 0.3) is 0 Å². The van der Waals surface area contributed by atoms with Gasteiger partial charge in [0.05, 0.1) is 15.5 Å². The Kier molecular flexibility index (Phi) is 1.75. The predicted molar refractivity (Wildman–Crippen MR) is 43.0 cm³/mol. The second kappa shape index (κ2) is 2.38. The number of nitrogens with zero attached hydrogens (tertiary/aromatic N) is 1. The van der Waals surface area contributed by atoms with Gasteiger partial charge >= 0.3 is 0 Å². The van der Waals surface area contributed by atoms with Gasteiger partial charge in [0.15, 0.2) is 5.75 Å². The lowest BCUT2D eigenvalue weighted by Gasteiger charge is -1.97. The molecule has 3 N–H and O–H groups in total. The highest BCUT2D eigenvalue weighted by atomic mass is 127. The van der Waals surface area contributed by atoms with E-state index in [1.54, 1.807) is 6.20 Å². The first kappa shape index (κ1) is 6.60. The zero-order valence-electron chi connectivity index (χ0n) is 4.50. The lowest BCUT2D eigenvalue weighted by Crippen LogP contribution is -1.89. The molecule has 0 spiro atoms. The molecule has 1 aromatic rings. The SMILES string of the molecule is Nc1c(O)cncc1I. The Morgan fingerprint density at radius 2 is 2.22 bits per heavy atom. The smallest absolute Gasteiger partial charge is 0.157 e. The van der Waals surface area contributed by atoms with Crippen LogP contribution >= 0.6 is 22.6 Å². The Bertz CT molecular complexity index is 206. The van der Waals surface area contributed by atoms with Crippen LogP contribution in [0.15, 0.2) is 12.4 Å². The van der Waals surface area contributed by atoms with Gasteiger partial charge < -0.3 is 10.8 Å². The first-order chi connectivity index (χ1) is 4.22. The number of hydrogen-bond acceptors (Lipinski definition) is 3. The minimum absolute atomic E-state index is 0.0434. The maximum atomic E-state index is 8.91. The van der Waals surface area contributed by atoms with Gasteiger partial charge in [0, 0.05) is 6.20 Å². The normalized spacial score (nSPS) is 9.44. The summed E-state index contributed by atoms with van der Waals surface area (Å²) in [5, 5.41) is 8.91. The van der Waals surface area contributed by atoms with Gasteiger partial charge in [-0.3, -0.25) is 4.98 Å². The summed E-state index contributed by atoms with van der Waals surface area (Å²) in [4.78, 5) is 3.71. The molecule has 48 valence electrons. The minimum atomic E-state index is 0.0434. The third-order valence-electron chi connectivity index (χ3n) is 0.918. The molecule has 0 amide bonds. The summed E-state index contributed by atoms with van der Waals surface area (Å²) in [6, 6.07) is 0. The van der Waals surface area contributed by atoms with E-state index < -0.39 is 0 Å². The lowest BCUT2D eigenvalue weighted by atomic mass is 10.4. The molecule has 0 unspecified atom stereocenters. The molecule has 0 saturated carbocycles. The zero-order valence-corrected chi connectivity index (χ0v) is 6.66. The third kappa shape index (κ3) is 1.24. The minimum Gasteiger partial charge on any atom is -0.504 e. The van der Waals surface area contributed by atoms with Crippen LogP contribution in [0, 0.1) is 3.57 Å². The summed E-state index contributed by atoms with van der Waals surface area (Å²) >= 11 is 2.00. The van der Waals surface area contributed by atoms with Crippen LogP contribution in [-0.4, -0.2) is 10.1 Å². The van der Waals surface area contributed by atoms with E-state index in [1.807, 2.05) is 22.6 Å². The van der Waals surface area contributed by atoms with Gasteiger partial charge in [0.1, 0.15) is 0 Å². The van der Waals surface area contributed by atoms with E-state index in [0.29, 0.717) is 5.69 Å². The maximum Gasteiger partial charge on any atom is 0.157 e. The van der Waals surface area contributed by atoms with Crippen molar-refractivity contribution in [2.75, 3.05) is 5.73 Å². The van der Waals surface area contributed by atoms with E-state index in [4.69, 9.17) is 10.8 Å². The molecule has 0 aliphatic rings. The van der Waals surface area contributed by atoms with Crippen molar-refractivity contribution < 1.29 is 5.11 Å². The van der Waals surface area contributed by atoms with Crippen LogP contribution in [0.3, 0.4) is 0 Å². The third-order valence-corrected chi connectivity index (χ3v) is 1.78. The number of rotatable bonds is 0. The van der Waals surface area contributed by atoms with Crippen molar-refractivity contribution in [1.82, 2.24) is 4.98 Å². The zero-order chi connectivity index (χ0) is 6.85. The van der Waals surface area contributed by atoms with Crippen molar-refractivity contribution in [3.05, 3.63) is 16.0 Å². The second-order valence-corrected chi connectivity index (χ2v) is 2.72. The molecule has 0 saturated heterocycles. The highest BCUT2D eigenvalue weighted by Gasteiger charge is 1.98. The van der Waals surface area contributed by atoms with Crippen molar-refractivity contribution in [2.24, 2.45) is 0 Å². The second-order valence-electron chi connectivity index (χ2n) is 1.55. The number of nitrogens with two attached hydrogens (primary N) is 1. The van der Waals surface area contributed by atoms with Crippen molar-refractivity contribution in [1.29, 1.82) is 0 Å². The Labute approximate surface area is 66.0 Å². The summed E-state index contributed by atoms with van der Waals surface area (Å²) in [6.07, 6.45) is 2.91. The average molecular weight is 236 g/mol. The van der Waals surface area contributed by atoms with E-state index in [1.165, 1.54) is 6.20 Å². The molecule has 1 rings (SSSR count). The van der Waals surface area contributed by atoms with Crippen molar-refractivity contribution in [3.8, 4) is 5.75 Å².